The van der Waals surface area contributed by atoms with E-state index in [1.54, 1.807) is 4.90 Å². The number of nitrogens with one attached hydrogen (secondary N) is 3. The van der Waals surface area contributed by atoms with Crippen LogP contribution in [0.15, 0.2) is 18.2 Å². The van der Waals surface area contributed by atoms with E-state index in [0.29, 0.717) is 36.5 Å². The van der Waals surface area contributed by atoms with Gasteiger partial charge in [-0.3, -0.25) is 19.7 Å². The number of nitrogens with zero attached hydrogens (tertiary/aromatic N) is 1. The van der Waals surface area contributed by atoms with Gasteiger partial charge in [-0.25, -0.2) is 0 Å². The molecule has 3 amide bonds. The van der Waals surface area contributed by atoms with Crippen LogP contribution in [-0.4, -0.2) is 47.8 Å². The van der Waals surface area contributed by atoms with Crippen LogP contribution in [0.3, 0.4) is 0 Å². The SMILES string of the molecule is CC1(C)CNC1CNCc1ccc2c(c1)C(=O)N(C1CCC(=O)NC1=O)C2. The van der Waals surface area contributed by atoms with Crippen molar-refractivity contribution in [3.8, 4) is 0 Å². The number of carbonyl (C=O) groups is 3. The lowest BCUT2D eigenvalue weighted by molar-refractivity contribution is -0.136. The number of piperidine rings is 1. The Kier molecular flexibility index (Phi) is 4.52. The highest BCUT2D eigenvalue weighted by molar-refractivity contribution is 6.05. The molecular formula is C20H26N4O3. The van der Waals surface area contributed by atoms with E-state index >= 15 is 0 Å². The van der Waals surface area contributed by atoms with Gasteiger partial charge in [0.2, 0.25) is 11.8 Å². The van der Waals surface area contributed by atoms with Gasteiger partial charge in [-0.15, -0.1) is 0 Å². The molecule has 3 N–H and O–H groups in total. The molecule has 0 saturated carbocycles. The lowest BCUT2D eigenvalue weighted by atomic mass is 9.77. The molecule has 4 rings (SSSR count). The molecule has 0 bridgehead atoms. The molecule has 2 saturated heterocycles. The van der Waals surface area contributed by atoms with Crippen molar-refractivity contribution in [2.75, 3.05) is 13.1 Å². The molecule has 2 unspecified atom stereocenters. The van der Waals surface area contributed by atoms with Crippen LogP contribution in [0, 0.1) is 5.41 Å². The highest BCUT2D eigenvalue weighted by Gasteiger charge is 2.39. The minimum Gasteiger partial charge on any atom is -0.322 e. The molecule has 0 radical (unpaired) electrons. The zero-order chi connectivity index (χ0) is 19.2. The van der Waals surface area contributed by atoms with Gasteiger partial charge in [-0.1, -0.05) is 26.0 Å². The number of amides is 3. The van der Waals surface area contributed by atoms with Gasteiger partial charge in [0.15, 0.2) is 0 Å². The number of hydrogen-bond donors (Lipinski definition) is 3. The molecule has 1 aromatic carbocycles. The predicted molar refractivity (Wildman–Crippen MR) is 99.8 cm³/mol. The summed E-state index contributed by atoms with van der Waals surface area (Å²) in [5.41, 5.74) is 2.99. The summed E-state index contributed by atoms with van der Waals surface area (Å²) in [6.07, 6.45) is 0.667. The van der Waals surface area contributed by atoms with Crippen molar-refractivity contribution >= 4 is 17.7 Å². The molecule has 3 heterocycles. The second-order valence-corrected chi connectivity index (χ2v) is 8.44. The van der Waals surface area contributed by atoms with Crippen LogP contribution >= 0.6 is 0 Å². The third-order valence-corrected chi connectivity index (χ3v) is 6.02. The van der Waals surface area contributed by atoms with E-state index in [0.717, 1.165) is 24.2 Å². The molecule has 27 heavy (non-hydrogen) atoms. The molecule has 7 heteroatoms. The number of carbonyl (C=O) groups excluding carboxylic acids is 3. The number of rotatable bonds is 5. The summed E-state index contributed by atoms with van der Waals surface area (Å²) in [7, 11) is 0. The van der Waals surface area contributed by atoms with Crippen molar-refractivity contribution in [1.82, 2.24) is 20.9 Å². The van der Waals surface area contributed by atoms with Gasteiger partial charge in [-0.2, -0.15) is 0 Å². The second kappa shape index (κ2) is 6.73. The summed E-state index contributed by atoms with van der Waals surface area (Å²) in [6, 6.07) is 5.84. The Balaban J connectivity index is 1.39. The summed E-state index contributed by atoms with van der Waals surface area (Å²) in [6.45, 7) is 7.58. The molecule has 1 aromatic rings. The Morgan fingerprint density at radius 1 is 1.26 bits per heavy atom. The number of hydrogen-bond acceptors (Lipinski definition) is 5. The van der Waals surface area contributed by atoms with Gasteiger partial charge in [-0.05, 0) is 29.0 Å². The minimum absolute atomic E-state index is 0.122. The van der Waals surface area contributed by atoms with E-state index in [9.17, 15) is 14.4 Å². The van der Waals surface area contributed by atoms with Crippen LogP contribution in [0.4, 0.5) is 0 Å². The fourth-order valence-corrected chi connectivity index (χ4v) is 4.08. The number of benzene rings is 1. The molecule has 0 aliphatic carbocycles. The molecule has 2 fully saturated rings. The fourth-order valence-electron chi connectivity index (χ4n) is 4.08. The maximum atomic E-state index is 12.8. The lowest BCUT2D eigenvalue weighted by Crippen LogP contribution is -2.62. The van der Waals surface area contributed by atoms with Crippen molar-refractivity contribution in [3.63, 3.8) is 0 Å². The molecule has 0 aromatic heterocycles. The first-order valence-electron chi connectivity index (χ1n) is 9.56. The Hall–Kier alpha value is -2.25. The Labute approximate surface area is 158 Å². The smallest absolute Gasteiger partial charge is 0.255 e. The first-order valence-corrected chi connectivity index (χ1v) is 9.56. The van der Waals surface area contributed by atoms with Crippen molar-refractivity contribution in [3.05, 3.63) is 34.9 Å². The highest BCUT2D eigenvalue weighted by atomic mass is 16.2. The van der Waals surface area contributed by atoms with Crippen LogP contribution in [0.2, 0.25) is 0 Å². The average molecular weight is 370 g/mol. The largest absolute Gasteiger partial charge is 0.322 e. The van der Waals surface area contributed by atoms with Gasteiger partial charge in [0.05, 0.1) is 0 Å². The maximum absolute atomic E-state index is 12.8. The minimum atomic E-state index is -0.559. The van der Waals surface area contributed by atoms with Crippen LogP contribution < -0.4 is 16.0 Å². The first kappa shape index (κ1) is 18.1. The monoisotopic (exact) mass is 370 g/mol. The fraction of sp³-hybridized carbons (Fsp3) is 0.550. The molecule has 7 nitrogen and oxygen atoms in total. The Bertz CT molecular complexity index is 804. The molecular weight excluding hydrogens is 344 g/mol. The van der Waals surface area contributed by atoms with Crippen molar-refractivity contribution in [1.29, 1.82) is 0 Å². The van der Waals surface area contributed by atoms with Crippen LogP contribution in [-0.2, 0) is 22.7 Å². The quantitative estimate of drug-likeness (QED) is 0.658. The normalized spacial score (nSPS) is 26.6. The zero-order valence-corrected chi connectivity index (χ0v) is 15.8. The summed E-state index contributed by atoms with van der Waals surface area (Å²) in [5.74, 6) is -0.758. The van der Waals surface area contributed by atoms with E-state index in [1.807, 2.05) is 18.2 Å². The summed E-state index contributed by atoms with van der Waals surface area (Å²) in [5, 5.41) is 9.23. The van der Waals surface area contributed by atoms with E-state index in [-0.39, 0.29) is 24.1 Å². The van der Waals surface area contributed by atoms with Crippen molar-refractivity contribution in [2.24, 2.45) is 5.41 Å². The standard InChI is InChI=1S/C20H26N4O3/c1-20(2)11-22-16(20)9-21-8-12-3-4-13-10-24(19(27)14(13)7-12)15-5-6-17(25)23-18(15)26/h3-4,7,15-16,21-22H,5-6,8-11H2,1-2H3,(H,23,25,26). The summed E-state index contributed by atoms with van der Waals surface area (Å²) >= 11 is 0. The summed E-state index contributed by atoms with van der Waals surface area (Å²) < 4.78 is 0. The third kappa shape index (κ3) is 3.37. The predicted octanol–water partition coefficient (Wildman–Crippen LogP) is 0.535. The van der Waals surface area contributed by atoms with Crippen molar-refractivity contribution < 1.29 is 14.4 Å². The Morgan fingerprint density at radius 2 is 2.07 bits per heavy atom. The van der Waals surface area contributed by atoms with Gasteiger partial charge < -0.3 is 15.5 Å². The average Bonchev–Trinajstić information content (AvgIpc) is 2.94. The maximum Gasteiger partial charge on any atom is 0.255 e. The van der Waals surface area contributed by atoms with E-state index < -0.39 is 6.04 Å². The van der Waals surface area contributed by atoms with Crippen LogP contribution in [0.5, 0.6) is 0 Å². The van der Waals surface area contributed by atoms with Gasteiger partial charge in [0, 0.05) is 44.2 Å². The van der Waals surface area contributed by atoms with Gasteiger partial charge >= 0.3 is 0 Å². The van der Waals surface area contributed by atoms with Gasteiger partial charge in [0.25, 0.3) is 5.91 Å². The highest BCUT2D eigenvalue weighted by Crippen LogP contribution is 2.29. The lowest BCUT2D eigenvalue weighted by Gasteiger charge is -2.45. The Morgan fingerprint density at radius 3 is 2.74 bits per heavy atom. The van der Waals surface area contributed by atoms with Crippen LogP contribution in [0.25, 0.3) is 0 Å². The molecule has 144 valence electrons. The topological polar surface area (TPSA) is 90.5 Å². The first-order chi connectivity index (χ1) is 12.8. The summed E-state index contributed by atoms with van der Waals surface area (Å²) in [4.78, 5) is 37.9. The van der Waals surface area contributed by atoms with E-state index in [4.69, 9.17) is 0 Å². The van der Waals surface area contributed by atoms with Gasteiger partial charge in [0.1, 0.15) is 6.04 Å². The van der Waals surface area contributed by atoms with E-state index in [2.05, 4.69) is 29.8 Å². The number of imide groups is 1. The second-order valence-electron chi connectivity index (χ2n) is 8.44. The van der Waals surface area contributed by atoms with Crippen molar-refractivity contribution in [2.45, 2.75) is 51.9 Å². The number of fused-ring (bicyclic) bond motifs is 1. The molecule has 3 aliphatic rings. The molecule has 0 spiro atoms. The molecule has 3 aliphatic heterocycles. The zero-order valence-electron chi connectivity index (χ0n) is 15.8. The molecule has 2 atom stereocenters. The third-order valence-electron chi connectivity index (χ3n) is 6.02. The van der Waals surface area contributed by atoms with Crippen LogP contribution in [0.1, 0.15) is 48.2 Å². The van der Waals surface area contributed by atoms with E-state index in [1.165, 1.54) is 0 Å².